The summed E-state index contributed by atoms with van der Waals surface area (Å²) in [5, 5.41) is 2.78. The predicted octanol–water partition coefficient (Wildman–Crippen LogP) is 2.42. The van der Waals surface area contributed by atoms with E-state index in [1.807, 2.05) is 0 Å². The first-order valence-corrected chi connectivity index (χ1v) is 3.75. The van der Waals surface area contributed by atoms with Gasteiger partial charge in [0.15, 0.2) is 0 Å². The molecule has 0 saturated carbocycles. The van der Waals surface area contributed by atoms with Crippen LogP contribution in [0.1, 0.15) is 10.4 Å². The maximum absolute atomic E-state index is 11.5. The number of rotatable bonds is 1. The lowest BCUT2D eigenvalue weighted by Gasteiger charge is -2.04. The van der Waals surface area contributed by atoms with Crippen LogP contribution in [0.4, 0.5) is 13.2 Å². The molecule has 66 valence electrons. The number of esters is 1. The molecular formula is C6H3F3O2S. The monoisotopic (exact) mass is 196 g/mol. The summed E-state index contributed by atoms with van der Waals surface area (Å²) in [6, 6.07) is 1.26. The summed E-state index contributed by atoms with van der Waals surface area (Å²) in [7, 11) is 0. The fourth-order valence-electron chi connectivity index (χ4n) is 0.545. The van der Waals surface area contributed by atoms with Gasteiger partial charge in [-0.25, -0.2) is 4.79 Å². The van der Waals surface area contributed by atoms with Crippen molar-refractivity contribution >= 4 is 17.3 Å². The number of carbonyl (C=O) groups excluding carboxylic acids is 1. The van der Waals surface area contributed by atoms with Crippen LogP contribution in [0.15, 0.2) is 16.8 Å². The maximum Gasteiger partial charge on any atom is 0.575 e. The lowest BCUT2D eigenvalue weighted by molar-refractivity contribution is -0.291. The molecular weight excluding hydrogens is 193 g/mol. The van der Waals surface area contributed by atoms with E-state index in [0.717, 1.165) is 11.3 Å². The van der Waals surface area contributed by atoms with Crippen LogP contribution in [-0.4, -0.2) is 12.3 Å². The lowest BCUT2D eigenvalue weighted by Crippen LogP contribution is -2.18. The zero-order chi connectivity index (χ0) is 9.19. The van der Waals surface area contributed by atoms with Crippen LogP contribution in [0.3, 0.4) is 0 Å². The number of hydrogen-bond donors (Lipinski definition) is 0. The van der Waals surface area contributed by atoms with Crippen molar-refractivity contribution in [3.63, 3.8) is 0 Å². The van der Waals surface area contributed by atoms with E-state index in [9.17, 15) is 18.0 Å². The molecule has 0 radical (unpaired) electrons. The molecule has 1 aromatic rings. The predicted molar refractivity (Wildman–Crippen MR) is 35.8 cm³/mol. The first-order valence-electron chi connectivity index (χ1n) is 2.81. The Morgan fingerprint density at radius 2 is 2.17 bits per heavy atom. The van der Waals surface area contributed by atoms with Gasteiger partial charge in [0, 0.05) is 5.38 Å². The summed E-state index contributed by atoms with van der Waals surface area (Å²) in [5.74, 6) is -1.37. The van der Waals surface area contributed by atoms with E-state index in [1.54, 1.807) is 0 Å². The van der Waals surface area contributed by atoms with Gasteiger partial charge in [-0.05, 0) is 11.4 Å². The second-order valence-corrected chi connectivity index (χ2v) is 2.63. The Bertz CT molecular complexity index is 265. The third-order valence-corrected chi connectivity index (χ3v) is 1.65. The average molecular weight is 196 g/mol. The Kier molecular flexibility index (Phi) is 2.37. The van der Waals surface area contributed by atoms with Gasteiger partial charge in [-0.2, -0.15) is 11.3 Å². The highest BCUT2D eigenvalue weighted by Gasteiger charge is 2.34. The molecule has 0 atom stereocenters. The third-order valence-electron chi connectivity index (χ3n) is 0.965. The van der Waals surface area contributed by atoms with Crippen molar-refractivity contribution in [2.24, 2.45) is 0 Å². The molecule has 0 bridgehead atoms. The molecule has 0 aromatic carbocycles. The molecule has 0 saturated heterocycles. The van der Waals surface area contributed by atoms with Crippen molar-refractivity contribution in [1.29, 1.82) is 0 Å². The molecule has 0 unspecified atom stereocenters. The highest BCUT2D eigenvalue weighted by molar-refractivity contribution is 7.08. The Hall–Kier alpha value is -1.04. The van der Waals surface area contributed by atoms with Gasteiger partial charge in [-0.3, -0.25) is 0 Å². The first-order chi connectivity index (χ1) is 5.49. The van der Waals surface area contributed by atoms with Crippen LogP contribution in [0, 0.1) is 0 Å². The summed E-state index contributed by atoms with van der Waals surface area (Å²) >= 11 is 1.13. The normalized spacial score (nSPS) is 11.2. The molecule has 12 heavy (non-hydrogen) atoms. The van der Waals surface area contributed by atoms with E-state index in [0.29, 0.717) is 0 Å². The van der Waals surface area contributed by atoms with Gasteiger partial charge in [0.1, 0.15) is 0 Å². The van der Waals surface area contributed by atoms with Gasteiger partial charge < -0.3 is 4.74 Å². The van der Waals surface area contributed by atoms with Crippen LogP contribution in [-0.2, 0) is 4.74 Å². The fourth-order valence-corrected chi connectivity index (χ4v) is 1.17. The summed E-state index contributed by atoms with van der Waals surface area (Å²) in [4.78, 5) is 10.6. The van der Waals surface area contributed by atoms with Crippen molar-refractivity contribution in [2.75, 3.05) is 0 Å². The Morgan fingerprint density at radius 3 is 2.58 bits per heavy atom. The highest BCUT2D eigenvalue weighted by atomic mass is 32.1. The molecule has 0 aliphatic heterocycles. The Morgan fingerprint density at radius 1 is 1.50 bits per heavy atom. The summed E-state index contributed by atoms with van der Waals surface area (Å²) in [6.45, 7) is 0. The van der Waals surface area contributed by atoms with Gasteiger partial charge in [0.05, 0.1) is 5.56 Å². The second kappa shape index (κ2) is 3.14. The van der Waals surface area contributed by atoms with Gasteiger partial charge in [0.2, 0.25) is 0 Å². The number of carbonyl (C=O) groups is 1. The highest BCUT2D eigenvalue weighted by Crippen LogP contribution is 2.19. The van der Waals surface area contributed by atoms with Crippen LogP contribution < -0.4 is 0 Å². The number of halogens is 3. The molecule has 6 heteroatoms. The van der Waals surface area contributed by atoms with E-state index in [4.69, 9.17) is 0 Å². The van der Waals surface area contributed by atoms with Gasteiger partial charge in [0.25, 0.3) is 0 Å². The van der Waals surface area contributed by atoms with E-state index in [2.05, 4.69) is 4.74 Å². The SMILES string of the molecule is O=C(OC(F)(F)F)c1ccsc1. The summed E-state index contributed by atoms with van der Waals surface area (Å²) < 4.78 is 37.5. The fraction of sp³-hybridized carbons (Fsp3) is 0.167. The molecule has 0 spiro atoms. The summed E-state index contributed by atoms with van der Waals surface area (Å²) in [5.41, 5.74) is -0.0858. The molecule has 0 aliphatic rings. The zero-order valence-corrected chi connectivity index (χ0v) is 6.41. The number of ether oxygens (including phenoxy) is 1. The van der Waals surface area contributed by atoms with E-state index >= 15 is 0 Å². The van der Waals surface area contributed by atoms with Crippen LogP contribution in [0.5, 0.6) is 0 Å². The average Bonchev–Trinajstić information content (AvgIpc) is 2.32. The maximum atomic E-state index is 11.5. The van der Waals surface area contributed by atoms with Crippen molar-refractivity contribution in [3.8, 4) is 0 Å². The molecule has 1 rings (SSSR count). The standard InChI is InChI=1S/C6H3F3O2S/c7-6(8,9)11-5(10)4-1-2-12-3-4/h1-3H. The van der Waals surface area contributed by atoms with Gasteiger partial charge in [-0.1, -0.05) is 0 Å². The Labute approximate surface area is 69.6 Å². The minimum atomic E-state index is -4.90. The van der Waals surface area contributed by atoms with Crippen molar-refractivity contribution in [2.45, 2.75) is 6.36 Å². The first kappa shape index (κ1) is 9.05. The van der Waals surface area contributed by atoms with Gasteiger partial charge in [-0.15, -0.1) is 13.2 Å². The molecule has 0 amide bonds. The molecule has 0 N–H and O–H groups in total. The minimum absolute atomic E-state index is 0.0858. The smallest absolute Gasteiger partial charge is 0.369 e. The third kappa shape index (κ3) is 2.54. The summed E-state index contributed by atoms with van der Waals surface area (Å²) in [6.07, 6.45) is -4.90. The quantitative estimate of drug-likeness (QED) is 0.645. The van der Waals surface area contributed by atoms with Gasteiger partial charge >= 0.3 is 12.3 Å². The largest absolute Gasteiger partial charge is 0.575 e. The molecule has 2 nitrogen and oxygen atoms in total. The topological polar surface area (TPSA) is 26.3 Å². The van der Waals surface area contributed by atoms with E-state index < -0.39 is 12.3 Å². The van der Waals surface area contributed by atoms with Crippen molar-refractivity contribution < 1.29 is 22.7 Å². The van der Waals surface area contributed by atoms with Crippen LogP contribution >= 0.6 is 11.3 Å². The lowest BCUT2D eigenvalue weighted by atomic mass is 10.4. The molecule has 1 aromatic heterocycles. The zero-order valence-electron chi connectivity index (χ0n) is 5.59. The van der Waals surface area contributed by atoms with Crippen LogP contribution in [0.2, 0.25) is 0 Å². The molecule has 0 aliphatic carbocycles. The van der Waals surface area contributed by atoms with E-state index in [-0.39, 0.29) is 5.56 Å². The van der Waals surface area contributed by atoms with E-state index in [1.165, 1.54) is 16.8 Å². The molecule has 0 fully saturated rings. The van der Waals surface area contributed by atoms with Crippen molar-refractivity contribution in [1.82, 2.24) is 0 Å². The second-order valence-electron chi connectivity index (χ2n) is 1.85. The Balaban J connectivity index is 2.63. The molecule has 1 heterocycles. The number of hydrogen-bond acceptors (Lipinski definition) is 3. The van der Waals surface area contributed by atoms with Crippen molar-refractivity contribution in [3.05, 3.63) is 22.4 Å². The number of alkyl halides is 3. The van der Waals surface area contributed by atoms with Crippen LogP contribution in [0.25, 0.3) is 0 Å². The minimum Gasteiger partial charge on any atom is -0.369 e. The number of thiophene rings is 1.